The number of halogens is 3. The number of aliphatic hydroxyl groups is 1. The number of nitrogens with zero attached hydrogens (tertiary/aromatic N) is 2. The molecule has 4 atom stereocenters. The fraction of sp³-hybridized carbons (Fsp3) is 0.593. The van der Waals surface area contributed by atoms with Crippen LogP contribution in [0.3, 0.4) is 0 Å². The predicted molar refractivity (Wildman–Crippen MR) is 137 cm³/mol. The van der Waals surface area contributed by atoms with E-state index < -0.39 is 41.5 Å². The monoisotopic (exact) mass is 547 g/mol. The van der Waals surface area contributed by atoms with Gasteiger partial charge in [-0.2, -0.15) is 5.26 Å². The zero-order chi connectivity index (χ0) is 27.1. The maximum Gasteiger partial charge on any atom is 0.271 e. The van der Waals surface area contributed by atoms with Crippen molar-refractivity contribution in [2.45, 2.75) is 75.6 Å². The van der Waals surface area contributed by atoms with Crippen LogP contribution in [0.4, 0.5) is 8.78 Å². The van der Waals surface area contributed by atoms with Crippen LogP contribution >= 0.6 is 11.6 Å². The molecule has 8 nitrogen and oxygen atoms in total. The Hall–Kier alpha value is -2.74. The van der Waals surface area contributed by atoms with Crippen molar-refractivity contribution in [2.24, 2.45) is 11.3 Å². The molecule has 3 aliphatic rings. The summed E-state index contributed by atoms with van der Waals surface area (Å²) in [5.41, 5.74) is 0.278. The van der Waals surface area contributed by atoms with Gasteiger partial charge in [0.2, 0.25) is 11.8 Å². The fourth-order valence-electron chi connectivity index (χ4n) is 6.30. The second kappa shape index (κ2) is 10.4. The molecule has 38 heavy (non-hydrogen) atoms. The Labute approximate surface area is 224 Å². The van der Waals surface area contributed by atoms with Gasteiger partial charge in [-0.05, 0) is 62.6 Å². The van der Waals surface area contributed by atoms with E-state index in [9.17, 15) is 28.7 Å². The number of para-hydroxylation sites is 1. The van der Waals surface area contributed by atoms with E-state index in [1.807, 2.05) is 6.07 Å². The van der Waals surface area contributed by atoms with E-state index in [0.717, 1.165) is 18.2 Å². The number of aromatic amines is 1. The topological polar surface area (TPSA) is 121 Å². The third-order valence-electron chi connectivity index (χ3n) is 8.51. The number of rotatable bonds is 5. The number of nitrogens with one attached hydrogen (secondary N) is 3. The van der Waals surface area contributed by atoms with Crippen LogP contribution in [0.25, 0.3) is 10.9 Å². The first-order chi connectivity index (χ1) is 18.1. The Balaban J connectivity index is 1.38. The van der Waals surface area contributed by atoms with Crippen molar-refractivity contribution in [3.05, 3.63) is 35.0 Å². The van der Waals surface area contributed by atoms with Crippen molar-refractivity contribution in [1.82, 2.24) is 20.5 Å². The number of hydrogen-bond acceptors (Lipinski definition) is 5. The number of H-pyrrole nitrogens is 1. The van der Waals surface area contributed by atoms with E-state index in [0.29, 0.717) is 17.1 Å². The molecule has 4 unspecified atom stereocenters. The van der Waals surface area contributed by atoms with Crippen molar-refractivity contribution in [1.29, 1.82) is 5.26 Å². The molecule has 2 amide bonds. The molecule has 1 spiro atoms. The second-order valence-corrected chi connectivity index (χ2v) is 11.5. The molecule has 0 radical (unpaired) electrons. The predicted octanol–water partition coefficient (Wildman–Crippen LogP) is 3.95. The van der Waals surface area contributed by atoms with E-state index in [4.69, 9.17) is 11.6 Å². The maximum atomic E-state index is 14.0. The summed E-state index contributed by atoms with van der Waals surface area (Å²) >= 11 is 6.28. The minimum absolute atomic E-state index is 0.182. The number of amides is 2. The molecular weight excluding hydrogens is 516 g/mol. The average Bonchev–Trinajstić information content (AvgIpc) is 3.50. The van der Waals surface area contributed by atoms with Gasteiger partial charge >= 0.3 is 0 Å². The molecule has 3 fully saturated rings. The third-order valence-corrected chi connectivity index (χ3v) is 8.83. The lowest BCUT2D eigenvalue weighted by Gasteiger charge is -2.36. The van der Waals surface area contributed by atoms with Crippen molar-refractivity contribution in [3.8, 4) is 6.07 Å². The minimum Gasteiger partial charge on any atom is -0.378 e. The summed E-state index contributed by atoms with van der Waals surface area (Å²) in [6, 6.07) is 7.34. The number of aromatic nitrogens is 1. The molecular formula is C27H32ClF2N5O3. The van der Waals surface area contributed by atoms with Gasteiger partial charge in [0.15, 0.2) is 0 Å². The zero-order valence-corrected chi connectivity index (χ0v) is 21.7. The zero-order valence-electron chi connectivity index (χ0n) is 21.0. The number of likely N-dealkylation sites (tertiary alicyclic amines) is 1. The molecule has 2 aromatic rings. The van der Waals surface area contributed by atoms with Crippen LogP contribution < -0.4 is 10.6 Å². The van der Waals surface area contributed by atoms with E-state index >= 15 is 0 Å². The summed E-state index contributed by atoms with van der Waals surface area (Å²) in [4.78, 5) is 31.8. The standard InChI is InChI=1S/C27H32ClF2N5O3/c28-19-5-1-3-16-12-20(34-22(16)19)25(38)35-15-26(6-8-27(29,30)9-7-26)13-21(35)24(37)33-18(14-31)11-17-4-2-10-32-23(17)36/h1,3,5,12,17-18,21,23,32,34,36H,2,4,6-11,13,15H2,(H,33,37). The van der Waals surface area contributed by atoms with Gasteiger partial charge in [0, 0.05) is 30.7 Å². The Kier molecular flexibility index (Phi) is 7.37. The van der Waals surface area contributed by atoms with Crippen LogP contribution in [0.15, 0.2) is 24.3 Å². The lowest BCUT2D eigenvalue weighted by atomic mass is 9.71. The smallest absolute Gasteiger partial charge is 0.271 e. The normalized spacial score (nSPS) is 27.2. The number of alkyl halides is 2. The summed E-state index contributed by atoms with van der Waals surface area (Å²) in [5, 5.41) is 26.9. The number of benzene rings is 1. The quantitative estimate of drug-likeness (QED) is 0.452. The molecule has 204 valence electrons. The molecule has 0 bridgehead atoms. The van der Waals surface area contributed by atoms with Crippen LogP contribution in [0, 0.1) is 22.7 Å². The van der Waals surface area contributed by atoms with Gasteiger partial charge in [0.1, 0.15) is 24.0 Å². The van der Waals surface area contributed by atoms with Gasteiger partial charge in [-0.3, -0.25) is 14.9 Å². The molecule has 1 aromatic carbocycles. The fourth-order valence-corrected chi connectivity index (χ4v) is 6.53. The van der Waals surface area contributed by atoms with Crippen molar-refractivity contribution in [2.75, 3.05) is 13.1 Å². The van der Waals surface area contributed by atoms with Crippen LogP contribution in [-0.4, -0.2) is 64.1 Å². The molecule has 2 saturated heterocycles. The lowest BCUT2D eigenvalue weighted by Crippen LogP contribution is -2.50. The highest BCUT2D eigenvalue weighted by atomic mass is 35.5. The molecule has 11 heteroatoms. The molecule has 3 heterocycles. The summed E-state index contributed by atoms with van der Waals surface area (Å²) in [7, 11) is 0. The van der Waals surface area contributed by atoms with Crippen LogP contribution in [-0.2, 0) is 4.79 Å². The number of aliphatic hydroxyl groups excluding tert-OH is 1. The van der Waals surface area contributed by atoms with Gasteiger partial charge in [-0.15, -0.1) is 0 Å². The van der Waals surface area contributed by atoms with Crippen molar-refractivity contribution < 1.29 is 23.5 Å². The number of fused-ring (bicyclic) bond motifs is 1. The highest BCUT2D eigenvalue weighted by Crippen LogP contribution is 2.50. The van der Waals surface area contributed by atoms with Crippen molar-refractivity contribution >= 4 is 34.3 Å². The molecule has 5 rings (SSSR count). The Morgan fingerprint density at radius 1 is 1.29 bits per heavy atom. The van der Waals surface area contributed by atoms with Crippen LogP contribution in [0.5, 0.6) is 0 Å². The summed E-state index contributed by atoms with van der Waals surface area (Å²) in [6.45, 7) is 0.881. The van der Waals surface area contributed by atoms with Gasteiger partial charge in [-0.25, -0.2) is 8.78 Å². The summed E-state index contributed by atoms with van der Waals surface area (Å²) < 4.78 is 28.0. The van der Waals surface area contributed by atoms with Gasteiger partial charge in [0.05, 0.1) is 16.6 Å². The maximum absolute atomic E-state index is 14.0. The largest absolute Gasteiger partial charge is 0.378 e. The first-order valence-electron chi connectivity index (χ1n) is 13.2. The van der Waals surface area contributed by atoms with Gasteiger partial charge in [0.25, 0.3) is 5.91 Å². The lowest BCUT2D eigenvalue weighted by molar-refractivity contribution is -0.125. The Bertz CT molecular complexity index is 1250. The third kappa shape index (κ3) is 5.37. The second-order valence-electron chi connectivity index (χ2n) is 11.1. The van der Waals surface area contributed by atoms with E-state index in [1.165, 1.54) is 4.90 Å². The first kappa shape index (κ1) is 26.9. The van der Waals surface area contributed by atoms with E-state index in [2.05, 4.69) is 21.7 Å². The van der Waals surface area contributed by atoms with Crippen molar-refractivity contribution in [3.63, 3.8) is 0 Å². The summed E-state index contributed by atoms with van der Waals surface area (Å²) in [5.74, 6) is -3.81. The molecule has 1 saturated carbocycles. The number of carbonyl (C=O) groups is 2. The number of carbonyl (C=O) groups excluding carboxylic acids is 2. The van der Waals surface area contributed by atoms with E-state index in [1.54, 1.807) is 18.2 Å². The highest BCUT2D eigenvalue weighted by molar-refractivity contribution is 6.35. The number of hydrogen-bond donors (Lipinski definition) is 4. The number of piperidine rings is 1. The molecule has 2 aliphatic heterocycles. The highest BCUT2D eigenvalue weighted by Gasteiger charge is 2.53. The molecule has 4 N–H and O–H groups in total. The van der Waals surface area contributed by atoms with Crippen LogP contribution in [0.2, 0.25) is 5.02 Å². The van der Waals surface area contributed by atoms with Gasteiger partial charge in [-0.1, -0.05) is 23.7 Å². The SMILES string of the molecule is N#CC(CC1CCCNC1O)NC(=O)C1CC2(CCC(F)(F)CC2)CN1C(=O)c1cc2cccc(Cl)c2[nH]1. The summed E-state index contributed by atoms with van der Waals surface area (Å²) in [6.07, 6.45) is 1.25. The first-order valence-corrected chi connectivity index (χ1v) is 13.6. The van der Waals surface area contributed by atoms with Crippen LogP contribution in [0.1, 0.15) is 61.9 Å². The minimum atomic E-state index is -2.74. The average molecular weight is 548 g/mol. The van der Waals surface area contributed by atoms with Gasteiger partial charge < -0.3 is 20.3 Å². The molecule has 1 aromatic heterocycles. The van der Waals surface area contributed by atoms with E-state index in [-0.39, 0.29) is 56.7 Å². The molecule has 1 aliphatic carbocycles. The number of nitriles is 1. The Morgan fingerprint density at radius 3 is 2.74 bits per heavy atom. The Morgan fingerprint density at radius 2 is 2.05 bits per heavy atom.